The first-order valence-corrected chi connectivity index (χ1v) is 5.69. The summed E-state index contributed by atoms with van der Waals surface area (Å²) in [5.74, 6) is -3.45. The van der Waals surface area contributed by atoms with Crippen molar-refractivity contribution in [2.45, 2.75) is 18.8 Å². The molecule has 0 bridgehead atoms. The molecule has 9 heteroatoms. The number of aryl methyl sites for hydroxylation is 1. The predicted molar refractivity (Wildman–Crippen MR) is 71.9 cm³/mol. The molecule has 1 amide bonds. The van der Waals surface area contributed by atoms with Gasteiger partial charge in [0.2, 0.25) is 5.91 Å². The van der Waals surface area contributed by atoms with E-state index in [9.17, 15) is 13.6 Å². The summed E-state index contributed by atoms with van der Waals surface area (Å²) in [6.45, 7) is -1.47. The van der Waals surface area contributed by atoms with Crippen molar-refractivity contribution in [2.75, 3.05) is 13.1 Å². The van der Waals surface area contributed by atoms with Crippen molar-refractivity contribution in [1.29, 1.82) is 0 Å². The van der Waals surface area contributed by atoms with E-state index in [0.29, 0.717) is 6.42 Å². The normalized spacial score (nSPS) is 10.2. The van der Waals surface area contributed by atoms with Crippen LogP contribution in [0.3, 0.4) is 0 Å². The number of thiazole rings is 1. The van der Waals surface area contributed by atoms with Gasteiger partial charge in [-0.15, -0.1) is 36.2 Å². The van der Waals surface area contributed by atoms with Gasteiger partial charge >= 0.3 is 0 Å². The summed E-state index contributed by atoms with van der Waals surface area (Å²) in [4.78, 5) is 15.2. The lowest BCUT2D eigenvalue weighted by atomic mass is 10.2. The molecule has 1 rings (SSSR count). The van der Waals surface area contributed by atoms with Crippen molar-refractivity contribution in [3.05, 3.63) is 16.6 Å². The molecule has 0 radical (unpaired) electrons. The molecule has 1 heterocycles. The van der Waals surface area contributed by atoms with E-state index in [0.717, 1.165) is 5.69 Å². The molecular weight excluding hydrogens is 307 g/mol. The maximum Gasteiger partial charge on any atom is 0.277 e. The van der Waals surface area contributed by atoms with Crippen LogP contribution in [0.2, 0.25) is 0 Å². The molecule has 0 fully saturated rings. The van der Waals surface area contributed by atoms with E-state index in [2.05, 4.69) is 10.3 Å². The van der Waals surface area contributed by atoms with Gasteiger partial charge in [0.1, 0.15) is 0 Å². The number of aromatic nitrogens is 1. The third-order valence-electron chi connectivity index (χ3n) is 1.93. The zero-order valence-electron chi connectivity index (χ0n) is 9.40. The number of carbonyl (C=O) groups excluding carboxylic acids is 1. The highest BCUT2D eigenvalue weighted by Gasteiger charge is 2.26. The zero-order chi connectivity index (χ0) is 12.0. The zero-order valence-corrected chi connectivity index (χ0v) is 11.8. The smallest absolute Gasteiger partial charge is 0.277 e. The highest BCUT2D eigenvalue weighted by atomic mass is 35.5. The maximum absolute atomic E-state index is 12.7. The Morgan fingerprint density at radius 1 is 1.50 bits per heavy atom. The minimum Gasteiger partial charge on any atom is -0.350 e. The van der Waals surface area contributed by atoms with E-state index in [4.69, 9.17) is 5.73 Å². The van der Waals surface area contributed by atoms with Gasteiger partial charge in [-0.3, -0.25) is 4.79 Å². The monoisotopic (exact) mass is 321 g/mol. The van der Waals surface area contributed by atoms with Crippen molar-refractivity contribution in [3.8, 4) is 0 Å². The number of nitrogens with zero attached hydrogens (tertiary/aromatic N) is 1. The quantitative estimate of drug-likeness (QED) is 0.836. The van der Waals surface area contributed by atoms with Crippen LogP contribution < -0.4 is 11.1 Å². The maximum atomic E-state index is 12.7. The lowest BCUT2D eigenvalue weighted by Gasteiger charge is -2.14. The van der Waals surface area contributed by atoms with Gasteiger partial charge in [0.05, 0.1) is 24.3 Å². The molecule has 0 aromatic carbocycles. The van der Waals surface area contributed by atoms with Crippen LogP contribution in [0.1, 0.15) is 12.1 Å². The standard InChI is InChI=1S/C9H13F2N3OS.2ClH/c10-9(11,4-12)5-13-8(15)2-1-7-3-16-6-14-7;;/h3,6H,1-2,4-5,12H2,(H,13,15);2*1H. The molecule has 3 N–H and O–H groups in total. The minimum absolute atomic E-state index is 0. The van der Waals surface area contributed by atoms with Gasteiger partial charge < -0.3 is 11.1 Å². The molecule has 0 aliphatic rings. The van der Waals surface area contributed by atoms with E-state index in [-0.39, 0.29) is 31.2 Å². The Kier molecular flexibility index (Phi) is 10.4. The second kappa shape index (κ2) is 9.43. The Balaban J connectivity index is 0. The number of alkyl halides is 2. The van der Waals surface area contributed by atoms with E-state index in [1.165, 1.54) is 11.3 Å². The lowest BCUT2D eigenvalue weighted by Crippen LogP contribution is -2.41. The largest absolute Gasteiger partial charge is 0.350 e. The summed E-state index contributed by atoms with van der Waals surface area (Å²) in [6.07, 6.45) is 0.619. The van der Waals surface area contributed by atoms with Crippen LogP contribution >= 0.6 is 36.2 Å². The first kappa shape index (κ1) is 19.8. The molecule has 0 aliphatic heterocycles. The van der Waals surface area contributed by atoms with E-state index < -0.39 is 24.9 Å². The van der Waals surface area contributed by atoms with Crippen molar-refractivity contribution >= 4 is 42.1 Å². The van der Waals surface area contributed by atoms with Gasteiger partial charge in [-0.2, -0.15) is 0 Å². The summed E-state index contributed by atoms with van der Waals surface area (Å²) < 4.78 is 25.4. The number of nitrogens with one attached hydrogen (secondary N) is 1. The molecule has 106 valence electrons. The second-order valence-electron chi connectivity index (χ2n) is 3.32. The van der Waals surface area contributed by atoms with Crippen molar-refractivity contribution in [2.24, 2.45) is 5.73 Å². The van der Waals surface area contributed by atoms with Crippen LogP contribution in [-0.4, -0.2) is 29.9 Å². The van der Waals surface area contributed by atoms with Gasteiger partial charge in [-0.1, -0.05) is 0 Å². The van der Waals surface area contributed by atoms with Crippen LogP contribution in [0, 0.1) is 0 Å². The van der Waals surface area contributed by atoms with Crippen LogP contribution in [-0.2, 0) is 11.2 Å². The predicted octanol–water partition coefficient (Wildman–Crippen LogP) is 1.63. The van der Waals surface area contributed by atoms with Gasteiger partial charge in [-0.05, 0) is 6.42 Å². The molecule has 0 aliphatic carbocycles. The van der Waals surface area contributed by atoms with Crippen molar-refractivity contribution in [1.82, 2.24) is 10.3 Å². The molecule has 4 nitrogen and oxygen atoms in total. The van der Waals surface area contributed by atoms with Crippen LogP contribution in [0.15, 0.2) is 10.9 Å². The fraction of sp³-hybridized carbons (Fsp3) is 0.556. The van der Waals surface area contributed by atoms with E-state index in [1.54, 1.807) is 5.51 Å². The van der Waals surface area contributed by atoms with E-state index in [1.807, 2.05) is 5.38 Å². The summed E-state index contributed by atoms with van der Waals surface area (Å²) in [5.41, 5.74) is 7.29. The number of hydrogen-bond acceptors (Lipinski definition) is 4. The van der Waals surface area contributed by atoms with Gasteiger partial charge in [-0.25, -0.2) is 13.8 Å². The van der Waals surface area contributed by atoms with Gasteiger partial charge in [0.25, 0.3) is 5.92 Å². The molecule has 0 atom stereocenters. The fourth-order valence-electron chi connectivity index (χ4n) is 0.991. The Morgan fingerprint density at radius 3 is 2.67 bits per heavy atom. The Labute approximate surface area is 120 Å². The van der Waals surface area contributed by atoms with Crippen molar-refractivity contribution in [3.63, 3.8) is 0 Å². The SMILES string of the molecule is Cl.Cl.NCC(F)(F)CNC(=O)CCc1cscn1. The number of amides is 1. The topological polar surface area (TPSA) is 68.0 Å². The van der Waals surface area contributed by atoms with Crippen molar-refractivity contribution < 1.29 is 13.6 Å². The van der Waals surface area contributed by atoms with Crippen LogP contribution in [0.4, 0.5) is 8.78 Å². The number of carbonyl (C=O) groups is 1. The number of hydrogen-bond donors (Lipinski definition) is 2. The molecule has 0 spiro atoms. The molecule has 1 aromatic heterocycles. The highest BCUT2D eigenvalue weighted by Crippen LogP contribution is 2.09. The molecule has 0 saturated heterocycles. The average Bonchev–Trinajstić information content (AvgIpc) is 2.76. The third-order valence-corrected chi connectivity index (χ3v) is 2.57. The van der Waals surface area contributed by atoms with Crippen LogP contribution in [0.5, 0.6) is 0 Å². The minimum atomic E-state index is -3.03. The second-order valence-corrected chi connectivity index (χ2v) is 4.04. The Morgan fingerprint density at radius 2 is 2.17 bits per heavy atom. The molecule has 1 aromatic rings. The first-order valence-electron chi connectivity index (χ1n) is 4.75. The first-order chi connectivity index (χ1) is 7.53. The number of rotatable bonds is 6. The molecule has 18 heavy (non-hydrogen) atoms. The molecular formula is C9H15Cl2F2N3OS. The summed E-state index contributed by atoms with van der Waals surface area (Å²) >= 11 is 1.43. The summed E-state index contributed by atoms with van der Waals surface area (Å²) in [5, 5.41) is 3.96. The van der Waals surface area contributed by atoms with E-state index >= 15 is 0 Å². The Bertz CT molecular complexity index is 339. The summed E-state index contributed by atoms with van der Waals surface area (Å²) in [7, 11) is 0. The molecule has 0 saturated carbocycles. The molecule has 0 unspecified atom stereocenters. The average molecular weight is 322 g/mol. The highest BCUT2D eigenvalue weighted by molar-refractivity contribution is 7.07. The Hall–Kier alpha value is -0.500. The van der Waals surface area contributed by atoms with Crippen LogP contribution in [0.25, 0.3) is 0 Å². The number of halogens is 4. The fourth-order valence-corrected chi connectivity index (χ4v) is 1.58. The lowest BCUT2D eigenvalue weighted by molar-refractivity contribution is -0.122. The third kappa shape index (κ3) is 7.75. The number of nitrogens with two attached hydrogens (primary N) is 1. The van der Waals surface area contributed by atoms with Gasteiger partial charge in [0.15, 0.2) is 0 Å². The summed E-state index contributed by atoms with van der Waals surface area (Å²) in [6, 6.07) is 0. The van der Waals surface area contributed by atoms with Gasteiger partial charge in [0, 0.05) is 11.8 Å².